The Labute approximate surface area is 154 Å². The van der Waals surface area contributed by atoms with Crippen molar-refractivity contribution >= 4 is 27.5 Å². The summed E-state index contributed by atoms with van der Waals surface area (Å²) >= 11 is 5.78. The van der Waals surface area contributed by atoms with Crippen LogP contribution < -0.4 is 0 Å². The van der Waals surface area contributed by atoms with Gasteiger partial charge in [0.2, 0.25) is 10.0 Å². The molecule has 9 heteroatoms. The molecule has 1 aliphatic rings. The molecule has 0 saturated carbocycles. The lowest BCUT2D eigenvalue weighted by atomic mass is 10.1. The number of nitrogens with zero attached hydrogens (tertiary/aromatic N) is 2. The molecular formula is C17H15ClF2N2O3S. The molecule has 0 aliphatic carbocycles. The van der Waals surface area contributed by atoms with Gasteiger partial charge in [0.15, 0.2) is 0 Å². The Morgan fingerprint density at radius 1 is 0.962 bits per heavy atom. The number of piperazine rings is 1. The summed E-state index contributed by atoms with van der Waals surface area (Å²) in [6.45, 7) is 0.393. The minimum Gasteiger partial charge on any atom is -0.336 e. The van der Waals surface area contributed by atoms with Crippen LogP contribution in [0, 0.1) is 11.6 Å². The van der Waals surface area contributed by atoms with Crippen molar-refractivity contribution in [1.29, 1.82) is 0 Å². The molecule has 2 aromatic carbocycles. The fourth-order valence-electron chi connectivity index (χ4n) is 2.72. The maximum atomic E-state index is 13.8. The van der Waals surface area contributed by atoms with Crippen molar-refractivity contribution in [3.8, 4) is 0 Å². The molecule has 0 unspecified atom stereocenters. The van der Waals surface area contributed by atoms with Gasteiger partial charge < -0.3 is 4.90 Å². The van der Waals surface area contributed by atoms with Gasteiger partial charge in [-0.3, -0.25) is 4.79 Å². The maximum Gasteiger partial charge on any atom is 0.256 e. The Morgan fingerprint density at radius 2 is 1.58 bits per heavy atom. The minimum atomic E-state index is -3.69. The standard InChI is InChI=1S/C17H15ClF2N2O3S/c18-12-1-4-14(5-2-12)26(24,25)22-9-7-21(8-10-22)17(23)15-6-3-13(19)11-16(15)20/h1-6,11H,7-10H2. The van der Waals surface area contributed by atoms with Crippen LogP contribution in [0.3, 0.4) is 0 Å². The van der Waals surface area contributed by atoms with Gasteiger partial charge in [0.05, 0.1) is 10.5 Å². The third-order valence-corrected chi connectivity index (χ3v) is 6.30. The normalized spacial score (nSPS) is 15.9. The SMILES string of the molecule is O=C(c1ccc(F)cc1F)N1CCN(S(=O)(=O)c2ccc(Cl)cc2)CC1. The molecule has 2 aromatic rings. The predicted molar refractivity (Wildman–Crippen MR) is 92.5 cm³/mol. The zero-order valence-electron chi connectivity index (χ0n) is 13.5. The van der Waals surface area contributed by atoms with Crippen molar-refractivity contribution in [2.75, 3.05) is 26.2 Å². The van der Waals surface area contributed by atoms with Gasteiger partial charge in [-0.15, -0.1) is 0 Å². The molecule has 1 amide bonds. The van der Waals surface area contributed by atoms with E-state index in [4.69, 9.17) is 11.6 Å². The average molecular weight is 401 g/mol. The van der Waals surface area contributed by atoms with Gasteiger partial charge in [-0.05, 0) is 36.4 Å². The molecule has 1 aliphatic heterocycles. The van der Waals surface area contributed by atoms with E-state index in [-0.39, 0.29) is 36.6 Å². The lowest BCUT2D eigenvalue weighted by molar-refractivity contribution is 0.0693. The summed E-state index contributed by atoms with van der Waals surface area (Å²) < 4.78 is 53.2. The van der Waals surface area contributed by atoms with Crippen molar-refractivity contribution < 1.29 is 22.0 Å². The second-order valence-corrected chi connectivity index (χ2v) is 8.15. The second-order valence-electron chi connectivity index (χ2n) is 5.77. The van der Waals surface area contributed by atoms with Crippen molar-refractivity contribution in [2.24, 2.45) is 0 Å². The highest BCUT2D eigenvalue weighted by Crippen LogP contribution is 2.21. The van der Waals surface area contributed by atoms with E-state index in [0.717, 1.165) is 12.1 Å². The number of benzene rings is 2. The first-order valence-electron chi connectivity index (χ1n) is 7.79. The largest absolute Gasteiger partial charge is 0.336 e. The van der Waals surface area contributed by atoms with Crippen LogP contribution in [0.25, 0.3) is 0 Å². The fourth-order valence-corrected chi connectivity index (χ4v) is 4.27. The van der Waals surface area contributed by atoms with Gasteiger partial charge in [-0.25, -0.2) is 17.2 Å². The van der Waals surface area contributed by atoms with Crippen molar-refractivity contribution in [2.45, 2.75) is 4.90 Å². The summed E-state index contributed by atoms with van der Waals surface area (Å²) in [6.07, 6.45) is 0. The highest BCUT2D eigenvalue weighted by Gasteiger charge is 2.31. The van der Waals surface area contributed by atoms with E-state index in [1.54, 1.807) is 0 Å². The number of halogens is 3. The second kappa shape index (κ2) is 7.30. The minimum absolute atomic E-state index is 0.0829. The zero-order valence-corrected chi connectivity index (χ0v) is 15.1. The smallest absolute Gasteiger partial charge is 0.256 e. The number of hydrogen-bond donors (Lipinski definition) is 0. The zero-order chi connectivity index (χ0) is 18.9. The molecule has 0 spiro atoms. The maximum absolute atomic E-state index is 13.8. The third kappa shape index (κ3) is 3.72. The Balaban J connectivity index is 1.70. The molecule has 26 heavy (non-hydrogen) atoms. The van der Waals surface area contributed by atoms with Gasteiger partial charge in [0.1, 0.15) is 11.6 Å². The fraction of sp³-hybridized carbons (Fsp3) is 0.235. The van der Waals surface area contributed by atoms with Gasteiger partial charge in [0.25, 0.3) is 5.91 Å². The first-order valence-corrected chi connectivity index (χ1v) is 9.61. The van der Waals surface area contributed by atoms with E-state index in [1.165, 1.54) is 33.5 Å². The Morgan fingerprint density at radius 3 is 2.15 bits per heavy atom. The molecule has 138 valence electrons. The molecule has 0 atom stereocenters. The third-order valence-electron chi connectivity index (χ3n) is 4.14. The van der Waals surface area contributed by atoms with Gasteiger partial charge in [0, 0.05) is 37.3 Å². The van der Waals surface area contributed by atoms with E-state index < -0.39 is 27.6 Å². The Kier molecular flexibility index (Phi) is 5.27. The molecule has 3 rings (SSSR count). The van der Waals surface area contributed by atoms with Crippen molar-refractivity contribution in [3.63, 3.8) is 0 Å². The van der Waals surface area contributed by atoms with Crippen molar-refractivity contribution in [1.82, 2.24) is 9.21 Å². The van der Waals surface area contributed by atoms with E-state index in [0.29, 0.717) is 11.1 Å². The van der Waals surface area contributed by atoms with Crippen LogP contribution >= 0.6 is 11.6 Å². The van der Waals surface area contributed by atoms with Crippen LogP contribution in [-0.2, 0) is 10.0 Å². The summed E-state index contributed by atoms with van der Waals surface area (Å²) in [5.74, 6) is -2.30. The quantitative estimate of drug-likeness (QED) is 0.796. The lowest BCUT2D eigenvalue weighted by Crippen LogP contribution is -2.50. The molecule has 0 radical (unpaired) electrons. The first kappa shape index (κ1) is 18.8. The molecular weight excluding hydrogens is 386 g/mol. The molecule has 0 N–H and O–H groups in total. The molecule has 5 nitrogen and oxygen atoms in total. The molecule has 1 saturated heterocycles. The van der Waals surface area contributed by atoms with E-state index >= 15 is 0 Å². The summed E-state index contributed by atoms with van der Waals surface area (Å²) in [7, 11) is -3.69. The number of hydrogen-bond acceptors (Lipinski definition) is 3. The lowest BCUT2D eigenvalue weighted by Gasteiger charge is -2.34. The van der Waals surface area contributed by atoms with Crippen LogP contribution in [-0.4, -0.2) is 49.7 Å². The van der Waals surface area contributed by atoms with Crippen LogP contribution in [0.5, 0.6) is 0 Å². The predicted octanol–water partition coefficient (Wildman–Crippen LogP) is 2.76. The summed E-state index contributed by atoms with van der Waals surface area (Å²) in [5.41, 5.74) is -0.236. The highest BCUT2D eigenvalue weighted by molar-refractivity contribution is 7.89. The Bertz CT molecular complexity index is 928. The summed E-state index contributed by atoms with van der Waals surface area (Å²) in [5, 5.41) is 0.431. The van der Waals surface area contributed by atoms with Crippen LogP contribution in [0.1, 0.15) is 10.4 Å². The molecule has 0 aromatic heterocycles. The van der Waals surface area contributed by atoms with E-state index in [1.807, 2.05) is 0 Å². The van der Waals surface area contributed by atoms with Gasteiger partial charge in [-0.2, -0.15) is 4.31 Å². The van der Waals surface area contributed by atoms with Crippen molar-refractivity contribution in [3.05, 3.63) is 64.7 Å². The van der Waals surface area contributed by atoms with E-state index in [2.05, 4.69) is 0 Å². The number of carbonyl (C=O) groups excluding carboxylic acids is 1. The molecule has 0 bridgehead atoms. The molecule has 1 fully saturated rings. The van der Waals surface area contributed by atoms with Gasteiger partial charge in [-0.1, -0.05) is 11.6 Å². The molecule has 1 heterocycles. The number of amides is 1. The van der Waals surface area contributed by atoms with Crippen LogP contribution in [0.15, 0.2) is 47.4 Å². The average Bonchev–Trinajstić information content (AvgIpc) is 2.62. The Hall–Kier alpha value is -2.03. The number of carbonyl (C=O) groups is 1. The topological polar surface area (TPSA) is 57.7 Å². The monoisotopic (exact) mass is 400 g/mol. The van der Waals surface area contributed by atoms with Gasteiger partial charge >= 0.3 is 0 Å². The summed E-state index contributed by atoms with van der Waals surface area (Å²) in [4.78, 5) is 13.8. The van der Waals surface area contributed by atoms with E-state index in [9.17, 15) is 22.0 Å². The number of rotatable bonds is 3. The van der Waals surface area contributed by atoms with Crippen LogP contribution in [0.2, 0.25) is 5.02 Å². The highest BCUT2D eigenvalue weighted by atomic mass is 35.5. The first-order chi connectivity index (χ1) is 12.3. The van der Waals surface area contributed by atoms with Crippen LogP contribution in [0.4, 0.5) is 8.78 Å². The summed E-state index contributed by atoms with van der Waals surface area (Å²) in [6, 6.07) is 8.57. The number of sulfonamides is 1.